The Kier molecular flexibility index (Phi) is 4.65. The normalized spacial score (nSPS) is 12.0. The van der Waals surface area contributed by atoms with Gasteiger partial charge in [-0.05, 0) is 18.1 Å². The van der Waals surface area contributed by atoms with E-state index in [0.717, 1.165) is 0 Å². The van der Waals surface area contributed by atoms with Crippen LogP contribution in [-0.4, -0.2) is 29.9 Å². The van der Waals surface area contributed by atoms with Gasteiger partial charge in [0, 0.05) is 13.2 Å². The summed E-state index contributed by atoms with van der Waals surface area (Å²) in [6.45, 7) is 3.63. The van der Waals surface area contributed by atoms with Gasteiger partial charge in [-0.2, -0.15) is 0 Å². The van der Waals surface area contributed by atoms with Crippen molar-refractivity contribution in [1.82, 2.24) is 10.3 Å². The summed E-state index contributed by atoms with van der Waals surface area (Å²) in [7, 11) is 1.67. The largest absolute Gasteiger partial charge is 0.372 e. The molecule has 6 heteroatoms. The summed E-state index contributed by atoms with van der Waals surface area (Å²) in [6.07, 6.45) is 1.58. The quantitative estimate of drug-likeness (QED) is 0.703. The van der Waals surface area contributed by atoms with Crippen molar-refractivity contribution >= 4 is 17.6 Å². The topological polar surface area (TPSA) is 97.1 Å². The maximum Gasteiger partial charge on any atom is 0.255 e. The molecule has 4 N–H and O–H groups in total. The van der Waals surface area contributed by atoms with E-state index in [1.165, 1.54) is 0 Å². The lowest BCUT2D eigenvalue weighted by molar-refractivity contribution is -0.120. The Labute approximate surface area is 106 Å². The second-order valence-corrected chi connectivity index (χ2v) is 4.25. The number of nitrogens with one attached hydrogen (secondary N) is 2. The molecule has 0 aliphatic carbocycles. The maximum atomic E-state index is 12.0. The zero-order valence-electron chi connectivity index (χ0n) is 10.7. The standard InChI is InChI=1S/C12H18N4O2/c1-7(2)9(10(13)17)16-12(18)8-5-4-6-15-11(8)14-3/h4-7,9H,1-3H3,(H2,13,17)(H,14,15)(H,16,18). The van der Waals surface area contributed by atoms with E-state index in [-0.39, 0.29) is 11.8 Å². The summed E-state index contributed by atoms with van der Waals surface area (Å²) < 4.78 is 0. The molecule has 0 radical (unpaired) electrons. The number of primary amides is 1. The minimum absolute atomic E-state index is 0.0684. The SMILES string of the molecule is CNc1ncccc1C(=O)NC(C(N)=O)C(C)C. The second kappa shape index (κ2) is 6.00. The van der Waals surface area contributed by atoms with E-state index < -0.39 is 11.9 Å². The molecule has 0 fully saturated rings. The Bertz CT molecular complexity index is 445. The van der Waals surface area contributed by atoms with Crippen molar-refractivity contribution in [3.05, 3.63) is 23.9 Å². The lowest BCUT2D eigenvalue weighted by atomic mass is 10.0. The molecule has 0 bridgehead atoms. The van der Waals surface area contributed by atoms with Crippen LogP contribution in [0, 0.1) is 5.92 Å². The smallest absolute Gasteiger partial charge is 0.255 e. The highest BCUT2D eigenvalue weighted by Gasteiger charge is 2.23. The zero-order chi connectivity index (χ0) is 13.7. The van der Waals surface area contributed by atoms with E-state index in [4.69, 9.17) is 5.73 Å². The van der Waals surface area contributed by atoms with Crippen LogP contribution in [0.25, 0.3) is 0 Å². The highest BCUT2D eigenvalue weighted by Crippen LogP contribution is 2.11. The first-order valence-electron chi connectivity index (χ1n) is 5.70. The molecule has 1 unspecified atom stereocenters. The first-order chi connectivity index (χ1) is 8.47. The van der Waals surface area contributed by atoms with Gasteiger partial charge >= 0.3 is 0 Å². The van der Waals surface area contributed by atoms with E-state index in [0.29, 0.717) is 11.4 Å². The average molecular weight is 250 g/mol. The zero-order valence-corrected chi connectivity index (χ0v) is 10.7. The van der Waals surface area contributed by atoms with Crippen LogP contribution in [0.15, 0.2) is 18.3 Å². The van der Waals surface area contributed by atoms with Crippen molar-refractivity contribution in [3.8, 4) is 0 Å². The number of nitrogens with zero attached hydrogens (tertiary/aromatic N) is 1. The highest BCUT2D eigenvalue weighted by atomic mass is 16.2. The number of anilines is 1. The van der Waals surface area contributed by atoms with Crippen molar-refractivity contribution in [3.63, 3.8) is 0 Å². The summed E-state index contributed by atoms with van der Waals surface area (Å²) in [4.78, 5) is 27.3. The number of carbonyl (C=O) groups is 2. The number of pyridine rings is 1. The Balaban J connectivity index is 2.90. The minimum atomic E-state index is -0.692. The molecule has 18 heavy (non-hydrogen) atoms. The predicted molar refractivity (Wildman–Crippen MR) is 69.1 cm³/mol. The summed E-state index contributed by atoms with van der Waals surface area (Å²) in [6, 6.07) is 2.60. The van der Waals surface area contributed by atoms with Gasteiger partial charge in [0.2, 0.25) is 5.91 Å². The van der Waals surface area contributed by atoms with Gasteiger partial charge in [-0.15, -0.1) is 0 Å². The molecule has 1 aromatic heterocycles. The van der Waals surface area contributed by atoms with Crippen molar-refractivity contribution in [2.75, 3.05) is 12.4 Å². The Morgan fingerprint density at radius 3 is 2.56 bits per heavy atom. The van der Waals surface area contributed by atoms with Crippen LogP contribution in [0.5, 0.6) is 0 Å². The van der Waals surface area contributed by atoms with E-state index in [9.17, 15) is 9.59 Å². The van der Waals surface area contributed by atoms with Gasteiger partial charge in [0.1, 0.15) is 11.9 Å². The monoisotopic (exact) mass is 250 g/mol. The molecule has 0 aromatic carbocycles. The van der Waals surface area contributed by atoms with Crippen molar-refractivity contribution in [1.29, 1.82) is 0 Å². The maximum absolute atomic E-state index is 12.0. The fraction of sp³-hybridized carbons (Fsp3) is 0.417. The minimum Gasteiger partial charge on any atom is -0.372 e. The van der Waals surface area contributed by atoms with Gasteiger partial charge < -0.3 is 16.4 Å². The van der Waals surface area contributed by atoms with E-state index in [1.54, 1.807) is 25.4 Å². The van der Waals surface area contributed by atoms with Gasteiger partial charge in [0.25, 0.3) is 5.91 Å². The van der Waals surface area contributed by atoms with Crippen molar-refractivity contribution in [2.45, 2.75) is 19.9 Å². The molecule has 0 aliphatic rings. The number of hydrogen-bond acceptors (Lipinski definition) is 4. The third-order valence-corrected chi connectivity index (χ3v) is 2.55. The number of hydrogen-bond donors (Lipinski definition) is 3. The fourth-order valence-corrected chi connectivity index (χ4v) is 1.57. The molecular weight excluding hydrogens is 232 g/mol. The van der Waals surface area contributed by atoms with Crippen LogP contribution in [0.2, 0.25) is 0 Å². The molecule has 0 saturated heterocycles. The molecular formula is C12H18N4O2. The van der Waals surface area contributed by atoms with Gasteiger partial charge in [-0.25, -0.2) is 4.98 Å². The molecule has 1 heterocycles. The Morgan fingerprint density at radius 1 is 1.39 bits per heavy atom. The third-order valence-electron chi connectivity index (χ3n) is 2.55. The lowest BCUT2D eigenvalue weighted by Crippen LogP contribution is -2.47. The third kappa shape index (κ3) is 3.19. The number of amides is 2. The molecule has 0 spiro atoms. The summed E-state index contributed by atoms with van der Waals surface area (Å²) in [5.74, 6) is -0.527. The van der Waals surface area contributed by atoms with Gasteiger partial charge in [0.15, 0.2) is 0 Å². The molecule has 0 aliphatic heterocycles. The Morgan fingerprint density at radius 2 is 2.06 bits per heavy atom. The summed E-state index contributed by atoms with van der Waals surface area (Å²) in [5.41, 5.74) is 5.63. The first kappa shape index (κ1) is 14.0. The fourth-order valence-electron chi connectivity index (χ4n) is 1.57. The van der Waals surface area contributed by atoms with Crippen LogP contribution in [0.3, 0.4) is 0 Å². The van der Waals surface area contributed by atoms with E-state index in [2.05, 4.69) is 15.6 Å². The van der Waals surface area contributed by atoms with Crippen molar-refractivity contribution < 1.29 is 9.59 Å². The van der Waals surface area contributed by atoms with Gasteiger partial charge in [-0.3, -0.25) is 9.59 Å². The highest BCUT2D eigenvalue weighted by molar-refractivity contribution is 6.00. The van der Waals surface area contributed by atoms with E-state index in [1.807, 2.05) is 13.8 Å². The van der Waals surface area contributed by atoms with Crippen LogP contribution in [0.1, 0.15) is 24.2 Å². The van der Waals surface area contributed by atoms with Crippen LogP contribution in [0.4, 0.5) is 5.82 Å². The number of carbonyl (C=O) groups excluding carboxylic acids is 2. The van der Waals surface area contributed by atoms with Gasteiger partial charge in [0.05, 0.1) is 5.56 Å². The summed E-state index contributed by atoms with van der Waals surface area (Å²) in [5, 5.41) is 5.43. The molecule has 1 atom stereocenters. The lowest BCUT2D eigenvalue weighted by Gasteiger charge is -2.19. The second-order valence-electron chi connectivity index (χ2n) is 4.25. The first-order valence-corrected chi connectivity index (χ1v) is 5.70. The molecule has 98 valence electrons. The van der Waals surface area contributed by atoms with Gasteiger partial charge in [-0.1, -0.05) is 13.8 Å². The van der Waals surface area contributed by atoms with Crippen LogP contribution in [-0.2, 0) is 4.79 Å². The molecule has 2 amide bonds. The molecule has 1 rings (SSSR count). The summed E-state index contributed by atoms with van der Waals surface area (Å²) >= 11 is 0. The predicted octanol–water partition coefficient (Wildman–Crippen LogP) is 0.363. The number of nitrogens with two attached hydrogens (primary N) is 1. The molecule has 6 nitrogen and oxygen atoms in total. The van der Waals surface area contributed by atoms with Crippen molar-refractivity contribution in [2.24, 2.45) is 11.7 Å². The number of aromatic nitrogens is 1. The molecule has 1 aromatic rings. The molecule has 0 saturated carbocycles. The average Bonchev–Trinajstić information content (AvgIpc) is 2.34. The number of rotatable bonds is 5. The van der Waals surface area contributed by atoms with Crippen LogP contribution < -0.4 is 16.4 Å². The van der Waals surface area contributed by atoms with E-state index >= 15 is 0 Å². The van der Waals surface area contributed by atoms with Crippen LogP contribution >= 0.6 is 0 Å². The Hall–Kier alpha value is -2.11.